The van der Waals surface area contributed by atoms with E-state index in [0.29, 0.717) is 23.3 Å². The Morgan fingerprint density at radius 1 is 1.21 bits per heavy atom. The molecule has 0 spiro atoms. The summed E-state index contributed by atoms with van der Waals surface area (Å²) in [6, 6.07) is 10.6. The van der Waals surface area contributed by atoms with E-state index in [4.69, 9.17) is 10.00 Å². The van der Waals surface area contributed by atoms with Gasteiger partial charge in [-0.05, 0) is 36.8 Å². The highest BCUT2D eigenvalue weighted by Crippen LogP contribution is 2.28. The van der Waals surface area contributed by atoms with Gasteiger partial charge >= 0.3 is 0 Å². The first-order chi connectivity index (χ1) is 9.13. The largest absolute Gasteiger partial charge is 0.456 e. The van der Waals surface area contributed by atoms with Crippen LogP contribution < -0.4 is 4.74 Å². The molecule has 0 bridgehead atoms. The summed E-state index contributed by atoms with van der Waals surface area (Å²) in [4.78, 5) is 10.6. The monoisotopic (exact) mass is 255 g/mol. The Balaban J connectivity index is 2.41. The highest BCUT2D eigenvalue weighted by atomic mass is 19.1. The van der Waals surface area contributed by atoms with Crippen LogP contribution >= 0.6 is 0 Å². The molecule has 0 N–H and O–H groups in total. The summed E-state index contributed by atoms with van der Waals surface area (Å²) in [5, 5.41) is 9.02. The molecule has 2 aromatic carbocycles. The number of hydrogen-bond acceptors (Lipinski definition) is 3. The number of ether oxygens (including phenoxy) is 1. The smallest absolute Gasteiger partial charge is 0.150 e. The third-order valence-electron chi connectivity index (χ3n) is 2.63. The summed E-state index contributed by atoms with van der Waals surface area (Å²) in [6.07, 6.45) is 0.651. The van der Waals surface area contributed by atoms with Gasteiger partial charge in [0.15, 0.2) is 0 Å². The minimum absolute atomic E-state index is 0.230. The van der Waals surface area contributed by atoms with Crippen molar-refractivity contribution < 1.29 is 13.9 Å². The Morgan fingerprint density at radius 2 is 2.00 bits per heavy atom. The predicted molar refractivity (Wildman–Crippen MR) is 67.8 cm³/mol. The fourth-order valence-electron chi connectivity index (χ4n) is 1.60. The van der Waals surface area contributed by atoms with Crippen molar-refractivity contribution in [1.29, 1.82) is 5.26 Å². The van der Waals surface area contributed by atoms with Gasteiger partial charge in [0.2, 0.25) is 0 Å². The Morgan fingerprint density at radius 3 is 2.68 bits per heavy atom. The predicted octanol–water partition coefficient (Wildman–Crippen LogP) is 3.61. The average molecular weight is 255 g/mol. The van der Waals surface area contributed by atoms with E-state index in [9.17, 15) is 9.18 Å². The lowest BCUT2D eigenvalue weighted by atomic mass is 10.1. The number of benzene rings is 2. The highest BCUT2D eigenvalue weighted by Gasteiger charge is 2.08. The molecule has 94 valence electrons. The fourth-order valence-corrected chi connectivity index (χ4v) is 1.60. The van der Waals surface area contributed by atoms with Crippen LogP contribution in [0.2, 0.25) is 0 Å². The number of hydrogen-bond donors (Lipinski definition) is 0. The molecule has 4 heteroatoms. The molecule has 19 heavy (non-hydrogen) atoms. The standard InChI is InChI=1S/C15H10FNO2/c1-10-2-4-13(16)7-15(10)19-14-5-3-11(9-18)6-12(14)8-17/h2-7,9H,1H3. The number of nitriles is 1. The molecule has 0 aliphatic heterocycles. The zero-order chi connectivity index (χ0) is 13.8. The van der Waals surface area contributed by atoms with Gasteiger partial charge < -0.3 is 4.74 Å². The molecule has 2 aromatic rings. The maximum Gasteiger partial charge on any atom is 0.150 e. The maximum atomic E-state index is 13.2. The topological polar surface area (TPSA) is 50.1 Å². The Bertz CT molecular complexity index is 674. The lowest BCUT2D eigenvalue weighted by molar-refractivity contribution is 0.112. The van der Waals surface area contributed by atoms with Crippen LogP contribution in [0.4, 0.5) is 4.39 Å². The van der Waals surface area contributed by atoms with Gasteiger partial charge in [-0.2, -0.15) is 5.26 Å². The zero-order valence-corrected chi connectivity index (χ0v) is 10.2. The summed E-state index contributed by atoms with van der Waals surface area (Å²) >= 11 is 0. The van der Waals surface area contributed by atoms with Gasteiger partial charge in [0.1, 0.15) is 29.7 Å². The molecular weight excluding hydrogens is 245 g/mol. The summed E-state index contributed by atoms with van der Waals surface area (Å²) in [5.41, 5.74) is 1.37. The van der Waals surface area contributed by atoms with E-state index < -0.39 is 5.82 Å². The Labute approximate surface area is 109 Å². The molecule has 0 aromatic heterocycles. The van der Waals surface area contributed by atoms with Gasteiger partial charge in [-0.15, -0.1) is 0 Å². The second-order valence-corrected chi connectivity index (χ2v) is 4.00. The minimum Gasteiger partial charge on any atom is -0.456 e. The fraction of sp³-hybridized carbons (Fsp3) is 0.0667. The summed E-state index contributed by atoms with van der Waals surface area (Å²) in [7, 11) is 0. The third kappa shape index (κ3) is 2.78. The van der Waals surface area contributed by atoms with Gasteiger partial charge in [0.05, 0.1) is 5.56 Å². The number of aldehydes is 1. The van der Waals surface area contributed by atoms with E-state index in [1.807, 2.05) is 6.07 Å². The molecule has 0 saturated heterocycles. The van der Waals surface area contributed by atoms with Crippen LogP contribution in [0.15, 0.2) is 36.4 Å². The molecule has 0 radical (unpaired) electrons. The van der Waals surface area contributed by atoms with Crippen molar-refractivity contribution in [2.24, 2.45) is 0 Å². The maximum absolute atomic E-state index is 13.2. The van der Waals surface area contributed by atoms with E-state index in [-0.39, 0.29) is 5.56 Å². The number of halogens is 1. The number of carbonyl (C=O) groups is 1. The van der Waals surface area contributed by atoms with Gasteiger partial charge in [-0.1, -0.05) is 6.07 Å². The minimum atomic E-state index is -0.413. The van der Waals surface area contributed by atoms with E-state index >= 15 is 0 Å². The van der Waals surface area contributed by atoms with Crippen LogP contribution in [-0.4, -0.2) is 6.29 Å². The summed E-state index contributed by atoms with van der Waals surface area (Å²) < 4.78 is 18.7. The van der Waals surface area contributed by atoms with Crippen molar-refractivity contribution >= 4 is 6.29 Å². The molecule has 0 aliphatic rings. The molecule has 0 atom stereocenters. The summed E-state index contributed by atoms with van der Waals surface area (Å²) in [6.45, 7) is 1.78. The van der Waals surface area contributed by atoms with Crippen LogP contribution in [0.3, 0.4) is 0 Å². The van der Waals surface area contributed by atoms with Crippen LogP contribution in [-0.2, 0) is 0 Å². The van der Waals surface area contributed by atoms with Gasteiger partial charge in [-0.25, -0.2) is 4.39 Å². The van der Waals surface area contributed by atoms with E-state index in [1.165, 1.54) is 30.3 Å². The van der Waals surface area contributed by atoms with Gasteiger partial charge in [-0.3, -0.25) is 4.79 Å². The van der Waals surface area contributed by atoms with E-state index in [1.54, 1.807) is 13.0 Å². The molecule has 0 amide bonds. The quantitative estimate of drug-likeness (QED) is 0.787. The number of nitrogens with zero attached hydrogens (tertiary/aromatic N) is 1. The molecule has 0 saturated carbocycles. The Kier molecular flexibility index (Phi) is 3.58. The first-order valence-corrected chi connectivity index (χ1v) is 5.57. The van der Waals surface area contributed by atoms with Crippen molar-refractivity contribution in [1.82, 2.24) is 0 Å². The normalized spacial score (nSPS) is 9.74. The van der Waals surface area contributed by atoms with Crippen molar-refractivity contribution in [3.05, 3.63) is 58.9 Å². The zero-order valence-electron chi connectivity index (χ0n) is 10.2. The highest BCUT2D eigenvalue weighted by molar-refractivity contribution is 5.76. The number of carbonyl (C=O) groups excluding carboxylic acids is 1. The van der Waals surface area contributed by atoms with Gasteiger partial charge in [0, 0.05) is 11.6 Å². The SMILES string of the molecule is Cc1ccc(F)cc1Oc1ccc(C=O)cc1C#N. The van der Waals surface area contributed by atoms with Crippen molar-refractivity contribution in [2.45, 2.75) is 6.92 Å². The number of rotatable bonds is 3. The van der Waals surface area contributed by atoms with E-state index in [2.05, 4.69) is 0 Å². The lowest BCUT2D eigenvalue weighted by Crippen LogP contribution is -1.93. The van der Waals surface area contributed by atoms with Crippen molar-refractivity contribution in [3.8, 4) is 17.6 Å². The molecule has 0 aliphatic carbocycles. The van der Waals surface area contributed by atoms with Gasteiger partial charge in [0.25, 0.3) is 0 Å². The van der Waals surface area contributed by atoms with Crippen molar-refractivity contribution in [2.75, 3.05) is 0 Å². The molecule has 0 unspecified atom stereocenters. The average Bonchev–Trinajstić information content (AvgIpc) is 2.43. The second-order valence-electron chi connectivity index (χ2n) is 4.00. The van der Waals surface area contributed by atoms with Crippen LogP contribution in [0.5, 0.6) is 11.5 Å². The molecule has 0 heterocycles. The molecular formula is C15H10FNO2. The Hall–Kier alpha value is -2.67. The molecule has 2 rings (SSSR count). The lowest BCUT2D eigenvalue weighted by Gasteiger charge is -2.10. The molecule has 3 nitrogen and oxygen atoms in total. The van der Waals surface area contributed by atoms with Crippen LogP contribution in [0.25, 0.3) is 0 Å². The third-order valence-corrected chi connectivity index (χ3v) is 2.63. The molecule has 0 fully saturated rings. The van der Waals surface area contributed by atoms with E-state index in [0.717, 1.165) is 5.56 Å². The summed E-state index contributed by atoms with van der Waals surface area (Å²) in [5.74, 6) is 0.223. The first-order valence-electron chi connectivity index (χ1n) is 5.57. The second kappa shape index (κ2) is 5.32. The van der Waals surface area contributed by atoms with Crippen LogP contribution in [0.1, 0.15) is 21.5 Å². The number of aryl methyl sites for hydroxylation is 1. The van der Waals surface area contributed by atoms with Crippen LogP contribution in [0, 0.1) is 24.1 Å². The van der Waals surface area contributed by atoms with Crippen molar-refractivity contribution in [3.63, 3.8) is 0 Å². The first kappa shape index (κ1) is 12.8.